The van der Waals surface area contributed by atoms with Gasteiger partial charge in [-0.25, -0.2) is 0 Å². The number of halogens is 3. The molecule has 26 heavy (non-hydrogen) atoms. The molecule has 1 amide bonds. The lowest BCUT2D eigenvalue weighted by Gasteiger charge is -2.12. The Morgan fingerprint density at radius 2 is 1.65 bits per heavy atom. The summed E-state index contributed by atoms with van der Waals surface area (Å²) in [5.41, 5.74) is 0.950. The highest BCUT2D eigenvalue weighted by Gasteiger charge is 2.31. The second-order valence-corrected chi connectivity index (χ2v) is 5.92. The van der Waals surface area contributed by atoms with Crippen molar-refractivity contribution in [1.82, 2.24) is 0 Å². The van der Waals surface area contributed by atoms with Crippen LogP contribution in [0.25, 0.3) is 0 Å². The molecule has 1 rings (SSSR count). The Kier molecular flexibility index (Phi) is 8.95. The smallest absolute Gasteiger partial charge is 0.469 e. The third kappa shape index (κ3) is 9.29. The van der Waals surface area contributed by atoms with Crippen molar-refractivity contribution < 1.29 is 32.2 Å². The fourth-order valence-corrected chi connectivity index (χ4v) is 2.37. The number of hydrogen-bond acceptors (Lipinski definition) is 4. The number of alkyl halides is 3. The lowest BCUT2D eigenvalue weighted by Crippen LogP contribution is -2.17. The molecule has 0 saturated carbocycles. The van der Waals surface area contributed by atoms with Crippen LogP contribution in [0.5, 0.6) is 5.75 Å². The van der Waals surface area contributed by atoms with Crippen LogP contribution in [0.1, 0.15) is 50.5 Å². The second kappa shape index (κ2) is 10.7. The molecule has 0 aliphatic rings. The number of ether oxygens (including phenoxy) is 2. The van der Waals surface area contributed by atoms with E-state index in [4.69, 9.17) is 0 Å². The van der Waals surface area contributed by atoms with Crippen LogP contribution in [-0.4, -0.2) is 25.3 Å². The van der Waals surface area contributed by atoms with Gasteiger partial charge in [0.25, 0.3) is 0 Å². The third-order valence-electron chi connectivity index (χ3n) is 3.72. The van der Waals surface area contributed by atoms with Gasteiger partial charge >= 0.3 is 12.3 Å². The van der Waals surface area contributed by atoms with Crippen LogP contribution >= 0.6 is 0 Å². The molecule has 5 nitrogen and oxygen atoms in total. The number of rotatable bonds is 10. The quantitative estimate of drug-likeness (QED) is 0.474. The van der Waals surface area contributed by atoms with E-state index in [1.54, 1.807) is 6.92 Å². The predicted octanol–water partition coefficient (Wildman–Crippen LogP) is 4.74. The molecule has 0 radical (unpaired) electrons. The van der Waals surface area contributed by atoms with Gasteiger partial charge < -0.3 is 14.8 Å². The summed E-state index contributed by atoms with van der Waals surface area (Å²) >= 11 is 0. The van der Waals surface area contributed by atoms with E-state index in [-0.39, 0.29) is 17.6 Å². The number of carbonyl (C=O) groups excluding carboxylic acids is 2. The molecule has 0 spiro atoms. The first-order chi connectivity index (χ1) is 12.2. The van der Waals surface area contributed by atoms with Crippen molar-refractivity contribution >= 4 is 17.6 Å². The molecule has 1 N–H and O–H groups in total. The molecular weight excluding hydrogens is 351 g/mol. The normalized spacial score (nSPS) is 11.1. The minimum absolute atomic E-state index is 0.188. The SMILES string of the molecule is COC(=O)CCCCCCCC(=O)Nc1ccc(OC(F)(F)F)cc1C. The number of unbranched alkanes of at least 4 members (excludes halogenated alkanes) is 4. The average Bonchev–Trinajstić information content (AvgIpc) is 2.54. The maximum absolute atomic E-state index is 12.2. The van der Waals surface area contributed by atoms with Crippen molar-refractivity contribution in [2.24, 2.45) is 0 Å². The third-order valence-corrected chi connectivity index (χ3v) is 3.72. The molecule has 0 unspecified atom stereocenters. The minimum atomic E-state index is -4.74. The van der Waals surface area contributed by atoms with Crippen molar-refractivity contribution in [3.05, 3.63) is 23.8 Å². The number of amides is 1. The van der Waals surface area contributed by atoms with Gasteiger partial charge in [0.2, 0.25) is 5.91 Å². The first-order valence-corrected chi connectivity index (χ1v) is 8.44. The monoisotopic (exact) mass is 375 g/mol. The molecule has 0 aliphatic carbocycles. The van der Waals surface area contributed by atoms with Crippen LogP contribution < -0.4 is 10.1 Å². The zero-order chi connectivity index (χ0) is 19.6. The van der Waals surface area contributed by atoms with Crippen LogP contribution in [0.15, 0.2) is 18.2 Å². The number of methoxy groups -OCH3 is 1. The Bertz CT molecular complexity index is 603. The Morgan fingerprint density at radius 1 is 1.04 bits per heavy atom. The molecule has 0 aromatic heterocycles. The molecule has 0 fully saturated rings. The van der Waals surface area contributed by atoms with Crippen molar-refractivity contribution in [2.75, 3.05) is 12.4 Å². The average molecular weight is 375 g/mol. The van der Waals surface area contributed by atoms with Gasteiger partial charge in [0.15, 0.2) is 0 Å². The van der Waals surface area contributed by atoms with Crippen LogP contribution in [0.4, 0.5) is 18.9 Å². The number of esters is 1. The number of aryl methyl sites for hydroxylation is 1. The fourth-order valence-electron chi connectivity index (χ4n) is 2.37. The number of benzene rings is 1. The highest BCUT2D eigenvalue weighted by molar-refractivity contribution is 5.91. The maximum atomic E-state index is 12.2. The lowest BCUT2D eigenvalue weighted by atomic mass is 10.1. The maximum Gasteiger partial charge on any atom is 0.573 e. The van der Waals surface area contributed by atoms with Crippen molar-refractivity contribution in [1.29, 1.82) is 0 Å². The van der Waals surface area contributed by atoms with Crippen molar-refractivity contribution in [2.45, 2.75) is 58.2 Å². The summed E-state index contributed by atoms with van der Waals surface area (Å²) in [4.78, 5) is 22.9. The summed E-state index contributed by atoms with van der Waals surface area (Å²) < 4.78 is 44.9. The molecule has 0 heterocycles. The first-order valence-electron chi connectivity index (χ1n) is 8.44. The largest absolute Gasteiger partial charge is 0.573 e. The van der Waals surface area contributed by atoms with E-state index < -0.39 is 6.36 Å². The highest BCUT2D eigenvalue weighted by Crippen LogP contribution is 2.27. The Morgan fingerprint density at radius 3 is 2.23 bits per heavy atom. The Hall–Kier alpha value is -2.25. The van der Waals surface area contributed by atoms with Crippen LogP contribution in [0.2, 0.25) is 0 Å². The highest BCUT2D eigenvalue weighted by atomic mass is 19.4. The van der Waals surface area contributed by atoms with Crippen LogP contribution in [0, 0.1) is 6.92 Å². The molecule has 1 aromatic carbocycles. The molecule has 0 atom stereocenters. The van der Waals surface area contributed by atoms with E-state index in [0.29, 0.717) is 30.5 Å². The molecule has 1 aromatic rings. The van der Waals surface area contributed by atoms with E-state index >= 15 is 0 Å². The number of carbonyl (C=O) groups is 2. The van der Waals surface area contributed by atoms with Gasteiger partial charge in [-0.05, 0) is 43.5 Å². The minimum Gasteiger partial charge on any atom is -0.469 e. The van der Waals surface area contributed by atoms with E-state index in [2.05, 4.69) is 14.8 Å². The van der Waals surface area contributed by atoms with Gasteiger partial charge in [0.05, 0.1) is 7.11 Å². The van der Waals surface area contributed by atoms with Crippen LogP contribution in [0.3, 0.4) is 0 Å². The van der Waals surface area contributed by atoms with Gasteiger partial charge in [0.1, 0.15) is 5.75 Å². The fraction of sp³-hybridized carbons (Fsp3) is 0.556. The first kappa shape index (κ1) is 21.8. The molecule has 0 aliphatic heterocycles. The van der Waals surface area contributed by atoms with Gasteiger partial charge in [-0.3, -0.25) is 9.59 Å². The lowest BCUT2D eigenvalue weighted by molar-refractivity contribution is -0.274. The Labute approximate surface area is 150 Å². The summed E-state index contributed by atoms with van der Waals surface area (Å²) in [6.07, 6.45) is 0.160. The summed E-state index contributed by atoms with van der Waals surface area (Å²) in [6.45, 7) is 1.60. The number of anilines is 1. The standard InChI is InChI=1S/C18H24F3NO4/c1-13-12-14(26-18(19,20)21)10-11-15(13)22-16(23)8-6-4-3-5-7-9-17(24)25-2/h10-12H,3-9H2,1-2H3,(H,22,23). The topological polar surface area (TPSA) is 64.6 Å². The zero-order valence-electron chi connectivity index (χ0n) is 14.9. The molecular formula is C18H24F3NO4. The van der Waals surface area contributed by atoms with E-state index in [0.717, 1.165) is 31.7 Å². The summed E-state index contributed by atoms with van der Waals surface area (Å²) in [6, 6.07) is 3.78. The van der Waals surface area contributed by atoms with Gasteiger partial charge in [0, 0.05) is 18.5 Å². The number of nitrogens with one attached hydrogen (secondary N) is 1. The summed E-state index contributed by atoms with van der Waals surface area (Å²) in [5, 5.41) is 2.69. The van der Waals surface area contributed by atoms with E-state index in [1.807, 2.05) is 0 Å². The molecule has 0 bridgehead atoms. The Balaban J connectivity index is 2.27. The zero-order valence-corrected chi connectivity index (χ0v) is 14.9. The van der Waals surface area contributed by atoms with Crippen molar-refractivity contribution in [3.8, 4) is 5.75 Å². The summed E-state index contributed by atoms with van der Waals surface area (Å²) in [5.74, 6) is -0.724. The van der Waals surface area contributed by atoms with Gasteiger partial charge in [-0.2, -0.15) is 0 Å². The van der Waals surface area contributed by atoms with Crippen molar-refractivity contribution in [3.63, 3.8) is 0 Å². The second-order valence-electron chi connectivity index (χ2n) is 5.92. The van der Waals surface area contributed by atoms with Gasteiger partial charge in [-0.1, -0.05) is 19.3 Å². The van der Waals surface area contributed by atoms with E-state index in [1.165, 1.54) is 19.2 Å². The molecule has 0 saturated heterocycles. The van der Waals surface area contributed by atoms with Gasteiger partial charge in [-0.15, -0.1) is 13.2 Å². The number of hydrogen-bond donors (Lipinski definition) is 1. The van der Waals surface area contributed by atoms with E-state index in [9.17, 15) is 22.8 Å². The molecule has 146 valence electrons. The van der Waals surface area contributed by atoms with Crippen LogP contribution in [-0.2, 0) is 14.3 Å². The molecule has 8 heteroatoms. The summed E-state index contributed by atoms with van der Waals surface area (Å²) in [7, 11) is 1.36. The predicted molar refractivity (Wildman–Crippen MR) is 90.8 cm³/mol.